The molecule has 2 heterocycles. The van der Waals surface area contributed by atoms with E-state index in [0.29, 0.717) is 13.0 Å². The summed E-state index contributed by atoms with van der Waals surface area (Å²) < 4.78 is 51.9. The number of guanidine groups is 1. The number of benzene rings is 2. The number of nitrogens with one attached hydrogen (secondary N) is 1. The number of likely N-dealkylation sites (tertiary alicyclic amines) is 1. The van der Waals surface area contributed by atoms with Gasteiger partial charge in [-0.3, -0.25) is 5.41 Å². The maximum Gasteiger partial charge on any atom is 0.419 e. The summed E-state index contributed by atoms with van der Waals surface area (Å²) in [4.78, 5) is 5.90. The van der Waals surface area contributed by atoms with Crippen molar-refractivity contribution in [2.75, 3.05) is 13.2 Å². The highest BCUT2D eigenvalue weighted by atomic mass is 19.4. The molecule has 178 valence electrons. The van der Waals surface area contributed by atoms with Gasteiger partial charge in [0.15, 0.2) is 5.96 Å². The van der Waals surface area contributed by atoms with Gasteiger partial charge in [0, 0.05) is 12.1 Å². The Balaban J connectivity index is 1.51. The van der Waals surface area contributed by atoms with Crippen LogP contribution >= 0.6 is 0 Å². The topological polar surface area (TPSA) is 101 Å². The van der Waals surface area contributed by atoms with Gasteiger partial charge in [-0.1, -0.05) is 41.1 Å². The van der Waals surface area contributed by atoms with Gasteiger partial charge >= 0.3 is 6.18 Å². The molecule has 1 aromatic heterocycles. The zero-order valence-electron chi connectivity index (χ0n) is 18.5. The zero-order valence-corrected chi connectivity index (χ0v) is 18.5. The van der Waals surface area contributed by atoms with Crippen LogP contribution in [0.4, 0.5) is 13.2 Å². The molecular formula is C24H24F3N5O2. The van der Waals surface area contributed by atoms with E-state index in [9.17, 15) is 13.2 Å². The third kappa shape index (κ3) is 5.22. The highest BCUT2D eigenvalue weighted by Gasteiger charge is 2.36. The molecule has 0 saturated carbocycles. The predicted octanol–water partition coefficient (Wildman–Crippen LogP) is 5.19. The Morgan fingerprint density at radius 1 is 1.26 bits per heavy atom. The van der Waals surface area contributed by atoms with Crippen LogP contribution < -0.4 is 10.5 Å². The normalized spacial score (nSPS) is 16.4. The van der Waals surface area contributed by atoms with Crippen molar-refractivity contribution in [1.29, 1.82) is 5.41 Å². The van der Waals surface area contributed by atoms with Crippen LogP contribution in [0.5, 0.6) is 5.75 Å². The first-order chi connectivity index (χ1) is 16.2. The summed E-state index contributed by atoms with van der Waals surface area (Å²) in [5.74, 6) is -0.147. The third-order valence-electron chi connectivity index (χ3n) is 5.55. The molecule has 10 heteroatoms. The van der Waals surface area contributed by atoms with Gasteiger partial charge in [-0.2, -0.15) is 18.2 Å². The highest BCUT2D eigenvalue weighted by Crippen LogP contribution is 2.39. The molecule has 34 heavy (non-hydrogen) atoms. The van der Waals surface area contributed by atoms with Gasteiger partial charge in [0.1, 0.15) is 18.4 Å². The van der Waals surface area contributed by atoms with Crippen molar-refractivity contribution in [3.05, 3.63) is 71.1 Å². The Kier molecular flexibility index (Phi) is 6.58. The number of hydrogen-bond donors (Lipinski definition) is 2. The molecule has 1 aliphatic heterocycles. The second-order valence-electron chi connectivity index (χ2n) is 8.03. The third-order valence-corrected chi connectivity index (χ3v) is 5.55. The minimum Gasteiger partial charge on any atom is -0.489 e. The zero-order chi connectivity index (χ0) is 24.3. The maximum absolute atomic E-state index is 13.7. The Hall–Kier alpha value is -3.82. The number of hydrogen-bond acceptors (Lipinski definition) is 5. The summed E-state index contributed by atoms with van der Waals surface area (Å²) >= 11 is 0. The number of aryl methyl sites for hydroxylation is 1. The lowest BCUT2D eigenvalue weighted by Gasteiger charge is -2.21. The van der Waals surface area contributed by atoms with E-state index in [1.807, 2.05) is 31.2 Å². The smallest absolute Gasteiger partial charge is 0.419 e. The van der Waals surface area contributed by atoms with Gasteiger partial charge in [0.05, 0.1) is 5.56 Å². The highest BCUT2D eigenvalue weighted by molar-refractivity contribution is 5.75. The SMILES string of the molecule is Cc1ccc(/C=C\COc2ccc(-c3noc([C@@H]4CCCN4C(=N)N)n3)cc2C(F)(F)F)cc1. The fourth-order valence-electron chi connectivity index (χ4n) is 3.82. The molecule has 0 unspecified atom stereocenters. The molecule has 0 spiro atoms. The van der Waals surface area contributed by atoms with Crippen LogP contribution in [0.15, 0.2) is 53.1 Å². The van der Waals surface area contributed by atoms with Gasteiger partial charge in [-0.05, 0) is 49.6 Å². The van der Waals surface area contributed by atoms with Crippen molar-refractivity contribution in [1.82, 2.24) is 15.0 Å². The van der Waals surface area contributed by atoms with E-state index in [-0.39, 0.29) is 41.6 Å². The van der Waals surface area contributed by atoms with Crippen LogP contribution in [-0.4, -0.2) is 34.2 Å². The number of nitrogens with two attached hydrogens (primary N) is 1. The van der Waals surface area contributed by atoms with E-state index < -0.39 is 11.7 Å². The molecule has 7 nitrogen and oxygen atoms in total. The number of ether oxygens (including phenoxy) is 1. The van der Waals surface area contributed by atoms with E-state index in [4.69, 9.17) is 20.4 Å². The number of rotatable bonds is 6. The maximum atomic E-state index is 13.7. The summed E-state index contributed by atoms with van der Waals surface area (Å²) in [6, 6.07) is 11.0. The average Bonchev–Trinajstić information content (AvgIpc) is 3.47. The summed E-state index contributed by atoms with van der Waals surface area (Å²) in [5, 5.41) is 11.5. The predicted molar refractivity (Wildman–Crippen MR) is 121 cm³/mol. The van der Waals surface area contributed by atoms with Gasteiger partial charge in [0.2, 0.25) is 11.7 Å². The molecule has 4 rings (SSSR count). The van der Waals surface area contributed by atoms with Crippen molar-refractivity contribution in [2.45, 2.75) is 32.0 Å². The van der Waals surface area contributed by atoms with Crippen LogP contribution in [0.25, 0.3) is 17.5 Å². The minimum atomic E-state index is -4.63. The number of halogens is 3. The van der Waals surface area contributed by atoms with Crippen LogP contribution in [-0.2, 0) is 6.18 Å². The molecule has 1 aliphatic rings. The number of alkyl halides is 3. The molecule has 1 fully saturated rings. The summed E-state index contributed by atoms with van der Waals surface area (Å²) in [7, 11) is 0. The molecule has 0 bridgehead atoms. The van der Waals surface area contributed by atoms with Gasteiger partial charge in [-0.25, -0.2) is 0 Å². The van der Waals surface area contributed by atoms with E-state index in [1.165, 1.54) is 12.1 Å². The van der Waals surface area contributed by atoms with E-state index in [2.05, 4.69) is 10.1 Å². The second-order valence-corrected chi connectivity index (χ2v) is 8.03. The van der Waals surface area contributed by atoms with Crippen molar-refractivity contribution in [2.24, 2.45) is 5.73 Å². The number of nitrogens with zero attached hydrogens (tertiary/aromatic N) is 3. The first-order valence-electron chi connectivity index (χ1n) is 10.7. The first kappa shape index (κ1) is 23.3. The monoisotopic (exact) mass is 471 g/mol. The summed E-state index contributed by atoms with van der Waals surface area (Å²) in [6.07, 6.45) is 0.278. The quantitative estimate of drug-likeness (QED) is 0.379. The molecule has 0 aliphatic carbocycles. The van der Waals surface area contributed by atoms with Gasteiger partial charge < -0.3 is 19.9 Å². The Morgan fingerprint density at radius 3 is 2.74 bits per heavy atom. The summed E-state index contributed by atoms with van der Waals surface area (Å²) in [6.45, 7) is 2.54. The molecule has 0 amide bonds. The minimum absolute atomic E-state index is 0.0226. The van der Waals surface area contributed by atoms with Gasteiger partial charge in [-0.15, -0.1) is 0 Å². The number of aromatic nitrogens is 2. The van der Waals surface area contributed by atoms with E-state index in [1.54, 1.807) is 17.1 Å². The fourth-order valence-corrected chi connectivity index (χ4v) is 3.82. The molecular weight excluding hydrogens is 447 g/mol. The van der Waals surface area contributed by atoms with Gasteiger partial charge in [0.25, 0.3) is 0 Å². The van der Waals surface area contributed by atoms with Crippen LogP contribution in [0.2, 0.25) is 0 Å². The van der Waals surface area contributed by atoms with Crippen LogP contribution in [0.1, 0.15) is 41.5 Å². The van der Waals surface area contributed by atoms with Crippen molar-refractivity contribution in [3.63, 3.8) is 0 Å². The standard InChI is InChI=1S/C24H24F3N5O2/c1-15-6-8-16(9-7-15)4-3-13-33-20-11-10-17(14-18(20)24(25,26)27)21-30-22(34-31-21)19-5-2-12-32(19)23(28)29/h3-4,6-11,14,19H,2,5,12-13H2,1H3,(H3,28,29)/b4-3-/t19-/m0/s1. The van der Waals surface area contributed by atoms with Crippen LogP contribution in [0.3, 0.4) is 0 Å². The lowest BCUT2D eigenvalue weighted by molar-refractivity contribution is -0.138. The van der Waals surface area contributed by atoms with Crippen LogP contribution in [0, 0.1) is 12.3 Å². The molecule has 2 aromatic carbocycles. The molecule has 1 atom stereocenters. The Morgan fingerprint density at radius 2 is 2.03 bits per heavy atom. The molecule has 3 aromatic rings. The van der Waals surface area contributed by atoms with Crippen molar-refractivity contribution >= 4 is 12.0 Å². The van der Waals surface area contributed by atoms with E-state index >= 15 is 0 Å². The molecule has 0 radical (unpaired) electrons. The fraction of sp³-hybridized carbons (Fsp3) is 0.292. The van der Waals surface area contributed by atoms with Crippen molar-refractivity contribution in [3.8, 4) is 17.1 Å². The average molecular weight is 471 g/mol. The largest absolute Gasteiger partial charge is 0.489 e. The molecule has 1 saturated heterocycles. The van der Waals surface area contributed by atoms with E-state index in [0.717, 1.165) is 23.6 Å². The Bertz CT molecular complexity index is 1190. The lowest BCUT2D eigenvalue weighted by atomic mass is 10.1. The molecule has 3 N–H and O–H groups in total. The Labute approximate surface area is 194 Å². The first-order valence-corrected chi connectivity index (χ1v) is 10.7. The second kappa shape index (κ2) is 9.58. The summed E-state index contributed by atoms with van der Waals surface area (Å²) in [5.41, 5.74) is 6.87. The lowest BCUT2D eigenvalue weighted by Crippen LogP contribution is -2.35. The van der Waals surface area contributed by atoms with Crippen molar-refractivity contribution < 1.29 is 22.4 Å².